The van der Waals surface area contributed by atoms with Gasteiger partial charge in [0, 0.05) is 6.20 Å². The van der Waals surface area contributed by atoms with Crippen LogP contribution < -0.4 is 5.56 Å². The molecule has 1 fully saturated rings. The number of thiophene rings is 1. The number of hydrogen-bond acceptors (Lipinski definition) is 4. The molecule has 4 rings (SSSR count). The minimum absolute atomic E-state index is 0.0637. The zero-order chi connectivity index (χ0) is 13.5. The third-order valence-electron chi connectivity index (χ3n) is 3.91. The van der Waals surface area contributed by atoms with Crippen molar-refractivity contribution in [3.63, 3.8) is 0 Å². The number of H-pyrrole nitrogens is 1. The second-order valence-electron chi connectivity index (χ2n) is 5.13. The largest absolute Gasteiger partial charge is 0.304 e. The Labute approximate surface area is 119 Å². The molecule has 20 heavy (non-hydrogen) atoms. The first-order chi connectivity index (χ1) is 9.83. The van der Waals surface area contributed by atoms with E-state index in [1.54, 1.807) is 6.20 Å². The molecular weight excluding hydrogens is 270 g/mol. The van der Waals surface area contributed by atoms with Gasteiger partial charge in [-0.05, 0) is 41.8 Å². The average Bonchev–Trinajstić information content (AvgIpc) is 2.82. The summed E-state index contributed by atoms with van der Waals surface area (Å²) in [5.74, 6) is 1.14. The third-order valence-corrected chi connectivity index (χ3v) is 4.89. The molecule has 0 spiro atoms. The van der Waals surface area contributed by atoms with Crippen LogP contribution >= 0.6 is 11.3 Å². The van der Waals surface area contributed by atoms with E-state index in [0.29, 0.717) is 17.4 Å². The van der Waals surface area contributed by atoms with Crippen molar-refractivity contribution >= 4 is 21.6 Å². The van der Waals surface area contributed by atoms with Crippen LogP contribution in [-0.2, 0) is 0 Å². The van der Waals surface area contributed by atoms with Crippen molar-refractivity contribution in [3.05, 3.63) is 45.7 Å². The summed E-state index contributed by atoms with van der Waals surface area (Å²) in [5.41, 5.74) is 2.74. The van der Waals surface area contributed by atoms with Crippen molar-refractivity contribution in [1.82, 2.24) is 15.0 Å². The summed E-state index contributed by atoms with van der Waals surface area (Å²) < 4.78 is 0.728. The first-order valence-corrected chi connectivity index (χ1v) is 7.64. The molecule has 0 amide bonds. The maximum absolute atomic E-state index is 12.2. The van der Waals surface area contributed by atoms with Gasteiger partial charge in [-0.2, -0.15) is 0 Å². The number of rotatable bonds is 2. The fourth-order valence-corrected chi connectivity index (χ4v) is 3.56. The zero-order valence-corrected chi connectivity index (χ0v) is 11.6. The molecule has 3 aromatic heterocycles. The van der Waals surface area contributed by atoms with Crippen LogP contribution in [0.5, 0.6) is 0 Å². The predicted molar refractivity (Wildman–Crippen MR) is 80.1 cm³/mol. The van der Waals surface area contributed by atoms with Gasteiger partial charge in [0.1, 0.15) is 10.4 Å². The van der Waals surface area contributed by atoms with Gasteiger partial charge in [-0.1, -0.05) is 12.5 Å². The number of fused-ring (bicyclic) bond motifs is 1. The van der Waals surface area contributed by atoms with Crippen LogP contribution in [0.15, 0.2) is 34.6 Å². The van der Waals surface area contributed by atoms with E-state index in [1.165, 1.54) is 36.2 Å². The van der Waals surface area contributed by atoms with E-state index in [4.69, 9.17) is 0 Å². The lowest BCUT2D eigenvalue weighted by Gasteiger charge is -2.24. The molecule has 3 heterocycles. The number of hydrogen-bond donors (Lipinski definition) is 1. The number of aromatic amines is 1. The zero-order valence-electron chi connectivity index (χ0n) is 10.8. The minimum atomic E-state index is -0.0637. The Hall–Kier alpha value is -2.01. The number of aromatic nitrogens is 3. The van der Waals surface area contributed by atoms with Gasteiger partial charge in [-0.15, -0.1) is 11.3 Å². The summed E-state index contributed by atoms with van der Waals surface area (Å²) >= 11 is 1.50. The molecule has 0 bridgehead atoms. The SMILES string of the molecule is O=c1[nH]c(-c2ccccn2)nc2c(C3CCC3)csc12. The molecule has 1 saturated carbocycles. The quantitative estimate of drug-likeness (QED) is 0.785. The van der Waals surface area contributed by atoms with Gasteiger partial charge >= 0.3 is 0 Å². The molecule has 1 N–H and O–H groups in total. The van der Waals surface area contributed by atoms with E-state index >= 15 is 0 Å². The summed E-state index contributed by atoms with van der Waals surface area (Å²) in [6, 6.07) is 5.61. The van der Waals surface area contributed by atoms with Crippen molar-refractivity contribution < 1.29 is 0 Å². The van der Waals surface area contributed by atoms with Gasteiger partial charge in [0.15, 0.2) is 5.82 Å². The van der Waals surface area contributed by atoms with Gasteiger partial charge in [0.2, 0.25) is 0 Å². The summed E-state index contributed by atoms with van der Waals surface area (Å²) in [6.07, 6.45) is 5.40. The summed E-state index contributed by atoms with van der Waals surface area (Å²) in [4.78, 5) is 24.0. The Morgan fingerprint density at radius 3 is 2.90 bits per heavy atom. The topological polar surface area (TPSA) is 58.6 Å². The molecule has 0 atom stereocenters. The molecule has 0 unspecified atom stereocenters. The van der Waals surface area contributed by atoms with Crippen LogP contribution in [0.25, 0.3) is 21.7 Å². The second kappa shape index (κ2) is 4.52. The van der Waals surface area contributed by atoms with E-state index in [1.807, 2.05) is 18.2 Å². The maximum atomic E-state index is 12.2. The van der Waals surface area contributed by atoms with Gasteiger partial charge in [-0.25, -0.2) is 4.98 Å². The Kier molecular flexibility index (Phi) is 2.67. The van der Waals surface area contributed by atoms with Gasteiger partial charge in [0.05, 0.1) is 5.52 Å². The first kappa shape index (κ1) is 11.8. The van der Waals surface area contributed by atoms with E-state index < -0.39 is 0 Å². The van der Waals surface area contributed by atoms with Crippen molar-refractivity contribution in [3.8, 4) is 11.5 Å². The van der Waals surface area contributed by atoms with Crippen molar-refractivity contribution in [2.45, 2.75) is 25.2 Å². The molecule has 0 aromatic carbocycles. The van der Waals surface area contributed by atoms with Gasteiger partial charge < -0.3 is 4.98 Å². The summed E-state index contributed by atoms with van der Waals surface area (Å²) in [6.45, 7) is 0. The predicted octanol–water partition coefficient (Wildman–Crippen LogP) is 3.31. The Morgan fingerprint density at radius 2 is 2.20 bits per heavy atom. The highest BCUT2D eigenvalue weighted by Crippen LogP contribution is 2.40. The number of nitrogens with one attached hydrogen (secondary N) is 1. The van der Waals surface area contributed by atoms with E-state index in [0.717, 1.165) is 10.2 Å². The third kappa shape index (κ3) is 1.78. The van der Waals surface area contributed by atoms with Crippen LogP contribution in [0.2, 0.25) is 0 Å². The molecule has 0 saturated heterocycles. The smallest absolute Gasteiger partial charge is 0.269 e. The van der Waals surface area contributed by atoms with E-state index in [9.17, 15) is 4.79 Å². The lowest BCUT2D eigenvalue weighted by molar-refractivity contribution is 0.422. The fourth-order valence-electron chi connectivity index (χ4n) is 2.58. The monoisotopic (exact) mass is 283 g/mol. The van der Waals surface area contributed by atoms with Crippen molar-refractivity contribution in [2.24, 2.45) is 0 Å². The summed E-state index contributed by atoms with van der Waals surface area (Å²) in [7, 11) is 0. The van der Waals surface area contributed by atoms with Crippen LogP contribution in [0.3, 0.4) is 0 Å². The first-order valence-electron chi connectivity index (χ1n) is 6.76. The molecule has 1 aliphatic rings. The number of nitrogens with zero attached hydrogens (tertiary/aromatic N) is 2. The van der Waals surface area contributed by atoms with E-state index in [-0.39, 0.29) is 5.56 Å². The molecule has 0 radical (unpaired) electrons. The highest BCUT2D eigenvalue weighted by molar-refractivity contribution is 7.17. The Balaban J connectivity index is 1.93. The lowest BCUT2D eigenvalue weighted by atomic mass is 9.81. The fraction of sp³-hybridized carbons (Fsp3) is 0.267. The molecule has 0 aliphatic heterocycles. The molecule has 4 nitrogen and oxygen atoms in total. The van der Waals surface area contributed by atoms with Gasteiger partial charge in [-0.3, -0.25) is 9.78 Å². The van der Waals surface area contributed by atoms with Crippen LogP contribution in [0, 0.1) is 0 Å². The molecule has 100 valence electrons. The van der Waals surface area contributed by atoms with E-state index in [2.05, 4.69) is 20.3 Å². The average molecular weight is 283 g/mol. The summed E-state index contributed by atoms with van der Waals surface area (Å²) in [5, 5.41) is 2.10. The Morgan fingerprint density at radius 1 is 1.30 bits per heavy atom. The Bertz CT molecular complexity index is 818. The molecule has 5 heteroatoms. The van der Waals surface area contributed by atoms with Crippen molar-refractivity contribution in [2.75, 3.05) is 0 Å². The normalized spacial score (nSPS) is 15.4. The second-order valence-corrected chi connectivity index (χ2v) is 6.01. The molecule has 1 aliphatic carbocycles. The molecule has 3 aromatic rings. The minimum Gasteiger partial charge on any atom is -0.304 e. The number of pyridine rings is 1. The van der Waals surface area contributed by atoms with Crippen molar-refractivity contribution in [1.29, 1.82) is 0 Å². The van der Waals surface area contributed by atoms with Crippen LogP contribution in [0.4, 0.5) is 0 Å². The standard InChI is InChI=1S/C15H13N3OS/c19-15-13-12(10(8-20-13)9-4-3-5-9)17-14(18-15)11-6-1-2-7-16-11/h1-2,6-9H,3-5H2,(H,17,18,19). The lowest BCUT2D eigenvalue weighted by Crippen LogP contribution is -2.11. The maximum Gasteiger partial charge on any atom is 0.269 e. The molecular formula is C15H13N3OS. The highest BCUT2D eigenvalue weighted by Gasteiger charge is 2.24. The highest BCUT2D eigenvalue weighted by atomic mass is 32.1. The van der Waals surface area contributed by atoms with Gasteiger partial charge in [0.25, 0.3) is 5.56 Å². The van der Waals surface area contributed by atoms with Crippen LogP contribution in [0.1, 0.15) is 30.7 Å². The van der Waals surface area contributed by atoms with Crippen LogP contribution in [-0.4, -0.2) is 15.0 Å².